The van der Waals surface area contributed by atoms with Gasteiger partial charge in [0.05, 0.1) is 0 Å². The maximum absolute atomic E-state index is 4.57. The molecule has 2 aromatic rings. The van der Waals surface area contributed by atoms with Gasteiger partial charge in [-0.1, -0.05) is 20.8 Å². The van der Waals surface area contributed by atoms with Gasteiger partial charge in [-0.15, -0.1) is 0 Å². The van der Waals surface area contributed by atoms with Crippen molar-refractivity contribution in [2.75, 3.05) is 6.54 Å². The summed E-state index contributed by atoms with van der Waals surface area (Å²) in [5, 5.41) is 7.59. The number of hydrogen-bond donors (Lipinski definition) is 1. The molecule has 0 aliphatic carbocycles. The van der Waals surface area contributed by atoms with Crippen LogP contribution in [-0.4, -0.2) is 26.3 Å². The van der Waals surface area contributed by atoms with E-state index in [4.69, 9.17) is 0 Å². The van der Waals surface area contributed by atoms with E-state index in [0.717, 1.165) is 31.0 Å². The second kappa shape index (κ2) is 6.43. The van der Waals surface area contributed by atoms with Gasteiger partial charge < -0.3 is 5.32 Å². The standard InChI is InChI=1S/C14H21N5/c1-4-13-5-12(8-15-7-11(2)3)6-14(18-13)19-10-16-9-17-19/h5-6,9-11,15H,4,7-8H2,1-3H3. The Labute approximate surface area is 114 Å². The minimum Gasteiger partial charge on any atom is -0.312 e. The van der Waals surface area contributed by atoms with Crippen LogP contribution < -0.4 is 5.32 Å². The zero-order chi connectivity index (χ0) is 13.7. The van der Waals surface area contributed by atoms with Gasteiger partial charge in [-0.3, -0.25) is 0 Å². The summed E-state index contributed by atoms with van der Waals surface area (Å²) in [7, 11) is 0. The van der Waals surface area contributed by atoms with Crippen molar-refractivity contribution in [2.45, 2.75) is 33.7 Å². The van der Waals surface area contributed by atoms with Gasteiger partial charge in [0.2, 0.25) is 0 Å². The summed E-state index contributed by atoms with van der Waals surface area (Å²) in [6.07, 6.45) is 4.11. The van der Waals surface area contributed by atoms with E-state index in [-0.39, 0.29) is 0 Å². The fraction of sp³-hybridized carbons (Fsp3) is 0.500. The van der Waals surface area contributed by atoms with Gasteiger partial charge in [0.25, 0.3) is 0 Å². The molecule has 0 saturated carbocycles. The summed E-state index contributed by atoms with van der Waals surface area (Å²) in [5.74, 6) is 1.49. The van der Waals surface area contributed by atoms with Crippen molar-refractivity contribution >= 4 is 0 Å². The predicted octanol–water partition coefficient (Wildman–Crippen LogP) is 1.97. The average molecular weight is 259 g/mol. The third-order valence-corrected chi connectivity index (χ3v) is 2.82. The van der Waals surface area contributed by atoms with Crippen LogP contribution in [0.2, 0.25) is 0 Å². The molecule has 0 bridgehead atoms. The third-order valence-electron chi connectivity index (χ3n) is 2.82. The molecule has 1 N–H and O–H groups in total. The molecule has 0 aliphatic rings. The van der Waals surface area contributed by atoms with Crippen molar-refractivity contribution in [2.24, 2.45) is 5.92 Å². The zero-order valence-corrected chi connectivity index (χ0v) is 11.8. The van der Waals surface area contributed by atoms with Crippen LogP contribution in [0.5, 0.6) is 0 Å². The van der Waals surface area contributed by atoms with Gasteiger partial charge in [-0.25, -0.2) is 14.6 Å². The van der Waals surface area contributed by atoms with Crippen molar-refractivity contribution in [3.63, 3.8) is 0 Å². The van der Waals surface area contributed by atoms with Gasteiger partial charge in [0.15, 0.2) is 5.82 Å². The SMILES string of the molecule is CCc1cc(CNCC(C)C)cc(-n2cncn2)n1. The van der Waals surface area contributed by atoms with Gasteiger partial charge >= 0.3 is 0 Å². The smallest absolute Gasteiger partial charge is 0.155 e. The Morgan fingerprint density at radius 3 is 2.79 bits per heavy atom. The van der Waals surface area contributed by atoms with Crippen LogP contribution in [0.3, 0.4) is 0 Å². The first-order chi connectivity index (χ1) is 9.19. The molecule has 19 heavy (non-hydrogen) atoms. The van der Waals surface area contributed by atoms with Crippen molar-refractivity contribution in [3.8, 4) is 5.82 Å². The molecule has 2 heterocycles. The summed E-state index contributed by atoms with van der Waals surface area (Å²) in [6.45, 7) is 8.40. The van der Waals surface area contributed by atoms with Crippen molar-refractivity contribution in [1.29, 1.82) is 0 Å². The van der Waals surface area contributed by atoms with Crippen LogP contribution in [0.15, 0.2) is 24.8 Å². The molecule has 5 heteroatoms. The van der Waals surface area contributed by atoms with Crippen LogP contribution in [0.1, 0.15) is 32.0 Å². The highest BCUT2D eigenvalue weighted by Gasteiger charge is 2.04. The number of nitrogens with zero attached hydrogens (tertiary/aromatic N) is 4. The molecule has 0 aromatic carbocycles. The Balaban J connectivity index is 2.16. The molecule has 102 valence electrons. The highest BCUT2D eigenvalue weighted by atomic mass is 15.3. The van der Waals surface area contributed by atoms with E-state index in [1.807, 2.05) is 0 Å². The molecular formula is C14H21N5. The fourth-order valence-corrected chi connectivity index (χ4v) is 1.87. The number of aromatic nitrogens is 4. The second-order valence-electron chi connectivity index (χ2n) is 5.04. The normalized spacial score (nSPS) is 11.2. The molecule has 0 saturated heterocycles. The van der Waals surface area contributed by atoms with E-state index in [0.29, 0.717) is 5.92 Å². The van der Waals surface area contributed by atoms with E-state index >= 15 is 0 Å². The van der Waals surface area contributed by atoms with Crippen LogP contribution >= 0.6 is 0 Å². The van der Waals surface area contributed by atoms with E-state index in [9.17, 15) is 0 Å². The molecule has 0 aliphatic heterocycles. The lowest BCUT2D eigenvalue weighted by Crippen LogP contribution is -2.19. The molecule has 0 amide bonds. The average Bonchev–Trinajstić information content (AvgIpc) is 2.92. The van der Waals surface area contributed by atoms with Crippen LogP contribution in [0.4, 0.5) is 0 Å². The first kappa shape index (κ1) is 13.7. The first-order valence-corrected chi connectivity index (χ1v) is 6.74. The number of aryl methyl sites for hydroxylation is 1. The minimum atomic E-state index is 0.655. The fourth-order valence-electron chi connectivity index (χ4n) is 1.87. The van der Waals surface area contributed by atoms with Crippen LogP contribution in [0.25, 0.3) is 5.82 Å². The van der Waals surface area contributed by atoms with Crippen molar-refractivity contribution < 1.29 is 0 Å². The zero-order valence-electron chi connectivity index (χ0n) is 11.8. The van der Waals surface area contributed by atoms with Gasteiger partial charge in [0.1, 0.15) is 12.7 Å². The maximum Gasteiger partial charge on any atom is 0.155 e. The van der Waals surface area contributed by atoms with E-state index in [2.05, 4.69) is 53.3 Å². The summed E-state index contributed by atoms with van der Waals surface area (Å²) >= 11 is 0. The van der Waals surface area contributed by atoms with Crippen LogP contribution in [-0.2, 0) is 13.0 Å². The topological polar surface area (TPSA) is 55.6 Å². The monoisotopic (exact) mass is 259 g/mol. The van der Waals surface area contributed by atoms with Crippen LogP contribution in [0, 0.1) is 5.92 Å². The van der Waals surface area contributed by atoms with E-state index in [1.54, 1.807) is 11.0 Å². The Hall–Kier alpha value is -1.75. The predicted molar refractivity (Wildman–Crippen MR) is 75.1 cm³/mol. The Kier molecular flexibility index (Phi) is 4.63. The summed E-state index contributed by atoms with van der Waals surface area (Å²) in [5.41, 5.74) is 2.31. The third kappa shape index (κ3) is 3.86. The number of hydrogen-bond acceptors (Lipinski definition) is 4. The van der Waals surface area contributed by atoms with Crippen molar-refractivity contribution in [3.05, 3.63) is 36.0 Å². The maximum atomic E-state index is 4.57. The molecule has 0 atom stereocenters. The number of rotatable bonds is 6. The van der Waals surface area contributed by atoms with E-state index in [1.165, 1.54) is 11.9 Å². The highest BCUT2D eigenvalue weighted by Crippen LogP contribution is 2.10. The lowest BCUT2D eigenvalue weighted by atomic mass is 10.1. The van der Waals surface area contributed by atoms with Gasteiger partial charge in [-0.05, 0) is 36.6 Å². The quantitative estimate of drug-likeness (QED) is 0.861. The Bertz CT molecular complexity index is 505. The largest absolute Gasteiger partial charge is 0.312 e. The molecule has 0 spiro atoms. The lowest BCUT2D eigenvalue weighted by Gasteiger charge is -2.10. The number of pyridine rings is 1. The highest BCUT2D eigenvalue weighted by molar-refractivity contribution is 5.30. The van der Waals surface area contributed by atoms with Gasteiger partial charge in [0, 0.05) is 12.2 Å². The molecular weight excluding hydrogens is 238 g/mol. The second-order valence-corrected chi connectivity index (χ2v) is 5.04. The van der Waals surface area contributed by atoms with E-state index < -0.39 is 0 Å². The first-order valence-electron chi connectivity index (χ1n) is 6.74. The molecule has 5 nitrogen and oxygen atoms in total. The molecule has 2 rings (SSSR count). The summed E-state index contributed by atoms with van der Waals surface area (Å²) < 4.78 is 1.70. The van der Waals surface area contributed by atoms with Gasteiger partial charge in [-0.2, -0.15) is 5.10 Å². The molecule has 0 unspecified atom stereocenters. The lowest BCUT2D eigenvalue weighted by molar-refractivity contribution is 0.552. The minimum absolute atomic E-state index is 0.655. The molecule has 2 aromatic heterocycles. The molecule has 0 fully saturated rings. The summed E-state index contributed by atoms with van der Waals surface area (Å²) in [6, 6.07) is 4.20. The Morgan fingerprint density at radius 2 is 2.16 bits per heavy atom. The summed E-state index contributed by atoms with van der Waals surface area (Å²) in [4.78, 5) is 8.54. The van der Waals surface area contributed by atoms with Crippen molar-refractivity contribution in [1.82, 2.24) is 25.1 Å². The molecule has 0 radical (unpaired) electrons. The number of nitrogens with one attached hydrogen (secondary N) is 1. The Morgan fingerprint density at radius 1 is 1.32 bits per heavy atom.